The highest BCUT2D eigenvalue weighted by Crippen LogP contribution is 1.71. The summed E-state index contributed by atoms with van der Waals surface area (Å²) < 4.78 is 0. The average Bonchev–Trinajstić information content (AvgIpc) is 1.85. The lowest BCUT2D eigenvalue weighted by atomic mass is 10.3. The van der Waals surface area contributed by atoms with Gasteiger partial charge in [0.05, 0.1) is 6.61 Å². The fourth-order valence-corrected chi connectivity index (χ4v) is 0.0781. The molecule has 0 bridgehead atoms. The second-order valence-electron chi connectivity index (χ2n) is 1.47. The van der Waals surface area contributed by atoms with E-state index in [-0.39, 0.29) is 0 Å². The van der Waals surface area contributed by atoms with Crippen molar-refractivity contribution in [3.05, 3.63) is 0 Å². The highest BCUT2D eigenvalue weighted by molar-refractivity contribution is 6.30. The van der Waals surface area contributed by atoms with Crippen molar-refractivity contribution in [2.45, 2.75) is 6.04 Å². The van der Waals surface area contributed by atoms with E-state index < -0.39 is 25.9 Å². The fourth-order valence-electron chi connectivity index (χ4n) is 0.0781. The van der Waals surface area contributed by atoms with Crippen LogP contribution in [-0.2, 0) is 4.79 Å². The maximum atomic E-state index is 9.65. The first kappa shape index (κ1) is 13.0. The molecular formula is C3H10BNO6. The molecule has 1 atom stereocenters. The van der Waals surface area contributed by atoms with Gasteiger partial charge in [-0.2, -0.15) is 0 Å². The molecule has 0 saturated heterocycles. The molecule has 0 saturated carbocycles. The minimum absolute atomic E-state index is 0.505. The van der Waals surface area contributed by atoms with Crippen molar-refractivity contribution in [1.29, 1.82) is 0 Å². The van der Waals surface area contributed by atoms with Crippen LogP contribution in [0.15, 0.2) is 0 Å². The molecular weight excluding hydrogens is 157 g/mol. The van der Waals surface area contributed by atoms with Gasteiger partial charge in [-0.05, 0) is 0 Å². The second-order valence-corrected chi connectivity index (χ2v) is 1.47. The smallest absolute Gasteiger partial charge is 0.480 e. The van der Waals surface area contributed by atoms with Crippen molar-refractivity contribution in [2.75, 3.05) is 6.61 Å². The summed E-state index contributed by atoms with van der Waals surface area (Å²) in [5, 5.41) is 37.4. The molecule has 0 aromatic rings. The summed E-state index contributed by atoms with van der Waals surface area (Å²) in [6, 6.07) is -1.13. The number of hydrogen-bond donors (Lipinski definition) is 6. The van der Waals surface area contributed by atoms with Gasteiger partial charge in [0.25, 0.3) is 0 Å². The lowest BCUT2D eigenvalue weighted by Gasteiger charge is -1.96. The van der Waals surface area contributed by atoms with E-state index in [1.807, 2.05) is 0 Å². The van der Waals surface area contributed by atoms with Crippen LogP contribution >= 0.6 is 0 Å². The lowest BCUT2D eigenvalue weighted by molar-refractivity contribution is -0.139. The molecule has 1 unspecified atom stereocenters. The molecule has 0 aliphatic carbocycles. The number of aliphatic carboxylic acids is 1. The Bertz CT molecular complexity index is 105. The van der Waals surface area contributed by atoms with Gasteiger partial charge in [0.2, 0.25) is 0 Å². The maximum Gasteiger partial charge on any atom is 0.631 e. The molecule has 8 heteroatoms. The Labute approximate surface area is 62.9 Å². The molecule has 0 aromatic carbocycles. The van der Waals surface area contributed by atoms with E-state index in [9.17, 15) is 4.79 Å². The van der Waals surface area contributed by atoms with Crippen LogP contribution in [0.3, 0.4) is 0 Å². The van der Waals surface area contributed by atoms with Gasteiger partial charge < -0.3 is 31.0 Å². The van der Waals surface area contributed by atoms with Gasteiger partial charge in [-0.1, -0.05) is 0 Å². The third-order valence-corrected chi connectivity index (χ3v) is 0.514. The highest BCUT2D eigenvalue weighted by atomic mass is 16.5. The van der Waals surface area contributed by atoms with E-state index in [1.165, 1.54) is 0 Å². The van der Waals surface area contributed by atoms with E-state index in [2.05, 4.69) is 0 Å². The first-order valence-corrected chi connectivity index (χ1v) is 2.55. The van der Waals surface area contributed by atoms with Crippen molar-refractivity contribution in [1.82, 2.24) is 0 Å². The number of aliphatic hydroxyl groups is 1. The summed E-state index contributed by atoms with van der Waals surface area (Å²) in [6.45, 7) is -0.505. The number of hydrogen-bond acceptors (Lipinski definition) is 6. The van der Waals surface area contributed by atoms with Crippen molar-refractivity contribution in [2.24, 2.45) is 5.73 Å². The Kier molecular flexibility index (Phi) is 8.77. The molecule has 0 radical (unpaired) electrons. The minimum Gasteiger partial charge on any atom is -0.480 e. The normalized spacial score (nSPS) is 11.0. The summed E-state index contributed by atoms with van der Waals surface area (Å²) in [7, 11) is -2.17. The Morgan fingerprint density at radius 3 is 1.73 bits per heavy atom. The summed E-state index contributed by atoms with van der Waals surface area (Å²) in [4.78, 5) is 9.65. The molecule has 66 valence electrons. The molecule has 11 heavy (non-hydrogen) atoms. The maximum absolute atomic E-state index is 9.65. The first-order chi connectivity index (χ1) is 4.91. The Balaban J connectivity index is 0. The molecule has 0 aliphatic rings. The van der Waals surface area contributed by atoms with E-state index in [4.69, 9.17) is 31.0 Å². The number of carbonyl (C=O) groups is 1. The van der Waals surface area contributed by atoms with Gasteiger partial charge in [-0.3, -0.25) is 4.79 Å². The van der Waals surface area contributed by atoms with Gasteiger partial charge in [0.15, 0.2) is 0 Å². The summed E-state index contributed by atoms with van der Waals surface area (Å²) in [5.74, 6) is -1.18. The largest absolute Gasteiger partial charge is 0.631 e. The summed E-state index contributed by atoms with van der Waals surface area (Å²) in [6.07, 6.45) is 0. The van der Waals surface area contributed by atoms with Crippen LogP contribution in [-0.4, -0.2) is 51.2 Å². The van der Waals surface area contributed by atoms with Gasteiger partial charge in [0.1, 0.15) is 6.04 Å². The van der Waals surface area contributed by atoms with Crippen LogP contribution in [0.1, 0.15) is 0 Å². The Morgan fingerprint density at radius 1 is 1.45 bits per heavy atom. The monoisotopic (exact) mass is 167 g/mol. The van der Waals surface area contributed by atoms with Crippen LogP contribution in [0.5, 0.6) is 0 Å². The molecule has 0 aliphatic heterocycles. The van der Waals surface area contributed by atoms with E-state index in [0.29, 0.717) is 0 Å². The van der Waals surface area contributed by atoms with Crippen LogP contribution in [0.25, 0.3) is 0 Å². The topological polar surface area (TPSA) is 144 Å². The molecule has 0 rings (SSSR count). The third kappa shape index (κ3) is 17.6. The number of aliphatic hydroxyl groups excluding tert-OH is 1. The number of nitrogens with two attached hydrogens (primary N) is 1. The summed E-state index contributed by atoms with van der Waals surface area (Å²) in [5.41, 5.74) is 4.77. The van der Waals surface area contributed by atoms with Crippen molar-refractivity contribution < 1.29 is 30.1 Å². The molecule has 0 spiro atoms. The van der Waals surface area contributed by atoms with Crippen LogP contribution in [0.2, 0.25) is 0 Å². The zero-order chi connectivity index (χ0) is 9.44. The van der Waals surface area contributed by atoms with Gasteiger partial charge in [-0.15, -0.1) is 0 Å². The average molecular weight is 167 g/mol. The molecule has 0 aromatic heterocycles. The number of carboxylic acids is 1. The van der Waals surface area contributed by atoms with Crippen LogP contribution in [0, 0.1) is 0 Å². The standard InChI is InChI=1S/C3H7NO3.BH3O3/c4-2(1-5)3(6)7;2-1(3)4/h2,5H,1,4H2,(H,6,7);2-4H. The van der Waals surface area contributed by atoms with Gasteiger partial charge in [-0.25, -0.2) is 0 Å². The minimum atomic E-state index is -2.17. The van der Waals surface area contributed by atoms with Crippen molar-refractivity contribution in [3.8, 4) is 0 Å². The predicted octanol–water partition coefficient (Wildman–Crippen LogP) is -3.66. The number of carboxylic acid groups (broad SMARTS) is 1. The predicted molar refractivity (Wildman–Crippen MR) is 35.1 cm³/mol. The number of rotatable bonds is 2. The molecule has 7 N–H and O–H groups in total. The van der Waals surface area contributed by atoms with E-state index >= 15 is 0 Å². The zero-order valence-electron chi connectivity index (χ0n) is 5.58. The zero-order valence-corrected chi connectivity index (χ0v) is 5.58. The summed E-state index contributed by atoms with van der Waals surface area (Å²) >= 11 is 0. The van der Waals surface area contributed by atoms with Gasteiger partial charge >= 0.3 is 13.3 Å². The van der Waals surface area contributed by atoms with E-state index in [0.717, 1.165) is 0 Å². The van der Waals surface area contributed by atoms with Crippen LogP contribution < -0.4 is 5.73 Å². The lowest BCUT2D eigenvalue weighted by Crippen LogP contribution is -2.33. The van der Waals surface area contributed by atoms with Crippen molar-refractivity contribution >= 4 is 13.3 Å². The van der Waals surface area contributed by atoms with Crippen LogP contribution in [0.4, 0.5) is 0 Å². The third-order valence-electron chi connectivity index (χ3n) is 0.514. The Morgan fingerprint density at radius 2 is 1.73 bits per heavy atom. The fraction of sp³-hybridized carbons (Fsp3) is 0.667. The quantitative estimate of drug-likeness (QED) is 0.232. The Hall–Kier alpha value is -0.665. The SMILES string of the molecule is NC(CO)C(=O)O.OB(O)O. The molecule has 0 fully saturated rings. The first-order valence-electron chi connectivity index (χ1n) is 2.55. The molecule has 0 heterocycles. The van der Waals surface area contributed by atoms with E-state index in [1.54, 1.807) is 0 Å². The molecule has 7 nitrogen and oxygen atoms in total. The second kappa shape index (κ2) is 7.44. The van der Waals surface area contributed by atoms with Crippen molar-refractivity contribution in [3.63, 3.8) is 0 Å². The van der Waals surface area contributed by atoms with Gasteiger partial charge in [0, 0.05) is 0 Å². The molecule has 0 amide bonds. The highest BCUT2D eigenvalue weighted by Gasteiger charge is 2.06.